The standard InChI is InChI=1S/C21H28N2O2/c1-6-16-8-10-17(11-9-16)23-20(24)22-14-25-19-12-7-15(2)13-18(19)21(3,4)5/h7-13H,6,14H2,1-5H3,(H2,22,23,24). The number of hydrogen-bond donors (Lipinski definition) is 2. The van der Waals surface area contributed by atoms with E-state index in [1.54, 1.807) is 0 Å². The monoisotopic (exact) mass is 340 g/mol. The smallest absolute Gasteiger partial charge is 0.321 e. The molecule has 0 heterocycles. The molecule has 2 N–H and O–H groups in total. The Morgan fingerprint density at radius 3 is 2.36 bits per heavy atom. The zero-order valence-electron chi connectivity index (χ0n) is 15.8. The lowest BCUT2D eigenvalue weighted by molar-refractivity contribution is 0.233. The number of rotatable bonds is 5. The van der Waals surface area contributed by atoms with Crippen molar-refractivity contribution in [2.24, 2.45) is 0 Å². The van der Waals surface area contributed by atoms with Gasteiger partial charge in [0.2, 0.25) is 0 Å². The fraction of sp³-hybridized carbons (Fsp3) is 0.381. The van der Waals surface area contributed by atoms with Crippen LogP contribution in [0.5, 0.6) is 5.75 Å². The minimum absolute atomic E-state index is 0.0232. The molecule has 2 aromatic rings. The molecule has 0 spiro atoms. The van der Waals surface area contributed by atoms with Gasteiger partial charge in [-0.1, -0.05) is 57.5 Å². The largest absolute Gasteiger partial charge is 0.473 e. The maximum Gasteiger partial charge on any atom is 0.321 e. The van der Waals surface area contributed by atoms with E-state index in [0.717, 1.165) is 23.4 Å². The van der Waals surface area contributed by atoms with Crippen LogP contribution in [0.1, 0.15) is 44.4 Å². The molecule has 134 valence electrons. The van der Waals surface area contributed by atoms with Crippen LogP contribution >= 0.6 is 0 Å². The van der Waals surface area contributed by atoms with Crippen molar-refractivity contribution in [2.75, 3.05) is 12.0 Å². The van der Waals surface area contributed by atoms with Crippen LogP contribution in [0, 0.1) is 6.92 Å². The highest BCUT2D eigenvalue weighted by Gasteiger charge is 2.19. The van der Waals surface area contributed by atoms with E-state index in [1.807, 2.05) is 36.4 Å². The lowest BCUT2D eigenvalue weighted by atomic mass is 9.85. The summed E-state index contributed by atoms with van der Waals surface area (Å²) in [5.41, 5.74) is 4.30. The van der Waals surface area contributed by atoms with Crippen LogP contribution in [-0.4, -0.2) is 12.8 Å². The van der Waals surface area contributed by atoms with E-state index in [2.05, 4.69) is 51.3 Å². The summed E-state index contributed by atoms with van der Waals surface area (Å²) in [4.78, 5) is 12.0. The molecular formula is C21H28N2O2. The van der Waals surface area contributed by atoms with Crippen LogP contribution in [0.3, 0.4) is 0 Å². The third-order valence-electron chi connectivity index (χ3n) is 4.02. The summed E-state index contributed by atoms with van der Waals surface area (Å²) >= 11 is 0. The first-order chi connectivity index (χ1) is 11.8. The van der Waals surface area contributed by atoms with Crippen LogP contribution in [0.2, 0.25) is 0 Å². The molecule has 0 saturated carbocycles. The molecule has 4 nitrogen and oxygen atoms in total. The van der Waals surface area contributed by atoms with Crippen LogP contribution in [0.15, 0.2) is 42.5 Å². The molecule has 0 atom stereocenters. The quantitative estimate of drug-likeness (QED) is 0.752. The van der Waals surface area contributed by atoms with Gasteiger partial charge in [-0.05, 0) is 48.1 Å². The van der Waals surface area contributed by atoms with Crippen molar-refractivity contribution >= 4 is 11.7 Å². The second-order valence-corrected chi connectivity index (χ2v) is 7.22. The van der Waals surface area contributed by atoms with Gasteiger partial charge in [0.05, 0.1) is 0 Å². The number of urea groups is 1. The van der Waals surface area contributed by atoms with Gasteiger partial charge in [-0.25, -0.2) is 4.79 Å². The summed E-state index contributed by atoms with van der Waals surface area (Å²) in [6.45, 7) is 10.7. The highest BCUT2D eigenvalue weighted by molar-refractivity contribution is 5.89. The summed E-state index contributed by atoms with van der Waals surface area (Å²) in [6.07, 6.45) is 0.979. The summed E-state index contributed by atoms with van der Waals surface area (Å²) < 4.78 is 5.79. The Kier molecular flexibility index (Phi) is 6.07. The molecule has 2 amide bonds. The fourth-order valence-corrected chi connectivity index (χ4v) is 2.53. The molecule has 0 aliphatic carbocycles. The molecule has 0 fully saturated rings. The first-order valence-corrected chi connectivity index (χ1v) is 8.67. The normalized spacial score (nSPS) is 11.1. The Balaban J connectivity index is 1.91. The van der Waals surface area contributed by atoms with Gasteiger partial charge in [0.15, 0.2) is 6.73 Å². The molecular weight excluding hydrogens is 312 g/mol. The first-order valence-electron chi connectivity index (χ1n) is 8.67. The van der Waals surface area contributed by atoms with Crippen molar-refractivity contribution < 1.29 is 9.53 Å². The summed E-state index contributed by atoms with van der Waals surface area (Å²) in [5.74, 6) is 0.797. The molecule has 0 aliphatic heterocycles. The van der Waals surface area contributed by atoms with Gasteiger partial charge in [-0.15, -0.1) is 0 Å². The third kappa shape index (κ3) is 5.52. The van der Waals surface area contributed by atoms with Gasteiger partial charge >= 0.3 is 6.03 Å². The maximum atomic E-state index is 12.0. The van der Waals surface area contributed by atoms with Crippen molar-refractivity contribution in [3.05, 3.63) is 59.2 Å². The number of aryl methyl sites for hydroxylation is 2. The number of amides is 2. The number of anilines is 1. The Hall–Kier alpha value is -2.49. The highest BCUT2D eigenvalue weighted by atomic mass is 16.5. The van der Waals surface area contributed by atoms with Crippen molar-refractivity contribution in [3.8, 4) is 5.75 Å². The first kappa shape index (κ1) is 18.8. The molecule has 0 unspecified atom stereocenters. The van der Waals surface area contributed by atoms with Gasteiger partial charge in [-0.2, -0.15) is 0 Å². The predicted octanol–water partition coefficient (Wildman–Crippen LogP) is 5.01. The maximum absolute atomic E-state index is 12.0. The fourth-order valence-electron chi connectivity index (χ4n) is 2.53. The minimum Gasteiger partial charge on any atom is -0.473 e. The number of ether oxygens (including phenoxy) is 1. The van der Waals surface area contributed by atoms with Crippen LogP contribution < -0.4 is 15.4 Å². The number of carbonyl (C=O) groups is 1. The molecule has 2 aromatic carbocycles. The van der Waals surface area contributed by atoms with Crippen molar-refractivity contribution in [3.63, 3.8) is 0 Å². The summed E-state index contributed by atoms with van der Waals surface area (Å²) in [6, 6.07) is 13.6. The zero-order chi connectivity index (χ0) is 18.4. The van der Waals surface area contributed by atoms with E-state index in [4.69, 9.17) is 4.74 Å². The number of nitrogens with one attached hydrogen (secondary N) is 2. The van der Waals surface area contributed by atoms with Gasteiger partial charge < -0.3 is 15.4 Å². The average Bonchev–Trinajstić information content (AvgIpc) is 2.56. The number of hydrogen-bond acceptors (Lipinski definition) is 2. The van der Waals surface area contributed by atoms with E-state index >= 15 is 0 Å². The van der Waals surface area contributed by atoms with Crippen molar-refractivity contribution in [2.45, 2.75) is 46.5 Å². The Labute approximate surface area is 150 Å². The lowest BCUT2D eigenvalue weighted by Crippen LogP contribution is -2.32. The second kappa shape index (κ2) is 8.06. The molecule has 25 heavy (non-hydrogen) atoms. The highest BCUT2D eigenvalue weighted by Crippen LogP contribution is 2.31. The van der Waals surface area contributed by atoms with E-state index in [1.165, 1.54) is 11.1 Å². The second-order valence-electron chi connectivity index (χ2n) is 7.22. The SMILES string of the molecule is CCc1ccc(NC(=O)NCOc2ccc(C)cc2C(C)(C)C)cc1. The van der Waals surface area contributed by atoms with Crippen molar-refractivity contribution in [1.82, 2.24) is 5.32 Å². The van der Waals surface area contributed by atoms with Crippen LogP contribution in [0.4, 0.5) is 10.5 Å². The molecule has 0 radical (unpaired) electrons. The number of benzene rings is 2. The average molecular weight is 340 g/mol. The van der Waals surface area contributed by atoms with Gasteiger partial charge in [0, 0.05) is 5.69 Å². The molecule has 0 aromatic heterocycles. The van der Waals surface area contributed by atoms with Crippen LogP contribution in [-0.2, 0) is 11.8 Å². The van der Waals surface area contributed by atoms with Crippen molar-refractivity contribution in [1.29, 1.82) is 0 Å². The Morgan fingerprint density at radius 2 is 1.76 bits per heavy atom. The molecule has 0 bridgehead atoms. The minimum atomic E-state index is -0.284. The van der Waals surface area contributed by atoms with E-state index in [-0.39, 0.29) is 18.2 Å². The predicted molar refractivity (Wildman–Crippen MR) is 103 cm³/mol. The van der Waals surface area contributed by atoms with Gasteiger partial charge in [0.1, 0.15) is 5.75 Å². The van der Waals surface area contributed by atoms with Gasteiger partial charge in [-0.3, -0.25) is 0 Å². The Morgan fingerprint density at radius 1 is 1.08 bits per heavy atom. The third-order valence-corrected chi connectivity index (χ3v) is 4.02. The summed E-state index contributed by atoms with van der Waals surface area (Å²) in [5, 5.41) is 5.53. The van der Waals surface area contributed by atoms with E-state index in [9.17, 15) is 4.79 Å². The molecule has 0 saturated heterocycles. The Bertz CT molecular complexity index is 716. The molecule has 4 heteroatoms. The van der Waals surface area contributed by atoms with E-state index < -0.39 is 0 Å². The van der Waals surface area contributed by atoms with E-state index in [0.29, 0.717) is 0 Å². The molecule has 2 rings (SSSR count). The van der Waals surface area contributed by atoms with Crippen LogP contribution in [0.25, 0.3) is 0 Å². The topological polar surface area (TPSA) is 50.4 Å². The zero-order valence-corrected chi connectivity index (χ0v) is 15.8. The lowest BCUT2D eigenvalue weighted by Gasteiger charge is -2.23. The number of carbonyl (C=O) groups excluding carboxylic acids is 1. The summed E-state index contributed by atoms with van der Waals surface area (Å²) in [7, 11) is 0. The molecule has 0 aliphatic rings. The van der Waals surface area contributed by atoms with Gasteiger partial charge in [0.25, 0.3) is 0 Å².